The quantitative estimate of drug-likeness (QED) is 0.647. The van der Waals surface area contributed by atoms with Gasteiger partial charge in [0.15, 0.2) is 0 Å². The Hall–Kier alpha value is -1.09. The SMILES string of the molecule is COC(=O)C1C=CC=C(C(C)N)C1. The van der Waals surface area contributed by atoms with Crippen LogP contribution in [0.15, 0.2) is 23.8 Å². The average Bonchev–Trinajstić information content (AvgIpc) is 2.17. The predicted octanol–water partition coefficient (Wildman–Crippen LogP) is 1.01. The van der Waals surface area contributed by atoms with Crippen molar-refractivity contribution in [1.82, 2.24) is 0 Å². The molecule has 0 aromatic carbocycles. The monoisotopic (exact) mass is 181 g/mol. The lowest BCUT2D eigenvalue weighted by molar-refractivity contribution is -0.143. The number of ether oxygens (including phenoxy) is 1. The summed E-state index contributed by atoms with van der Waals surface area (Å²) in [5.41, 5.74) is 6.81. The lowest BCUT2D eigenvalue weighted by Crippen LogP contribution is -2.24. The zero-order valence-electron chi connectivity index (χ0n) is 7.99. The van der Waals surface area contributed by atoms with Crippen LogP contribution in [0.5, 0.6) is 0 Å². The van der Waals surface area contributed by atoms with Crippen molar-refractivity contribution < 1.29 is 9.53 Å². The van der Waals surface area contributed by atoms with Gasteiger partial charge in [-0.1, -0.05) is 23.8 Å². The molecule has 0 heterocycles. The predicted molar refractivity (Wildman–Crippen MR) is 51.0 cm³/mol. The Kier molecular flexibility index (Phi) is 3.25. The molecule has 0 aliphatic heterocycles. The Balaban J connectivity index is 2.64. The van der Waals surface area contributed by atoms with Crippen molar-refractivity contribution in [3.8, 4) is 0 Å². The van der Waals surface area contributed by atoms with Crippen LogP contribution in [0.3, 0.4) is 0 Å². The Morgan fingerprint density at radius 2 is 2.46 bits per heavy atom. The van der Waals surface area contributed by atoms with Crippen molar-refractivity contribution in [2.24, 2.45) is 11.7 Å². The second-order valence-electron chi connectivity index (χ2n) is 3.25. The average molecular weight is 181 g/mol. The van der Waals surface area contributed by atoms with E-state index in [1.165, 1.54) is 7.11 Å². The van der Waals surface area contributed by atoms with Crippen molar-refractivity contribution in [2.45, 2.75) is 19.4 Å². The fourth-order valence-corrected chi connectivity index (χ4v) is 1.35. The van der Waals surface area contributed by atoms with Crippen LogP contribution in [0.1, 0.15) is 13.3 Å². The summed E-state index contributed by atoms with van der Waals surface area (Å²) in [6, 6.07) is 0.0112. The van der Waals surface area contributed by atoms with E-state index in [0.717, 1.165) is 5.57 Å². The van der Waals surface area contributed by atoms with E-state index in [0.29, 0.717) is 6.42 Å². The Bertz CT molecular complexity index is 254. The molecule has 2 N–H and O–H groups in total. The topological polar surface area (TPSA) is 52.3 Å². The molecule has 72 valence electrons. The largest absolute Gasteiger partial charge is 0.469 e. The van der Waals surface area contributed by atoms with Crippen LogP contribution in [0.2, 0.25) is 0 Å². The smallest absolute Gasteiger partial charge is 0.312 e. The molecule has 1 aliphatic carbocycles. The molecule has 0 amide bonds. The van der Waals surface area contributed by atoms with E-state index in [1.54, 1.807) is 0 Å². The first-order valence-electron chi connectivity index (χ1n) is 4.36. The van der Waals surface area contributed by atoms with Crippen molar-refractivity contribution >= 4 is 5.97 Å². The molecule has 0 spiro atoms. The number of esters is 1. The fraction of sp³-hybridized carbons (Fsp3) is 0.500. The highest BCUT2D eigenvalue weighted by Gasteiger charge is 2.20. The maximum absolute atomic E-state index is 11.2. The number of carbonyl (C=O) groups is 1. The molecule has 1 aliphatic rings. The van der Waals surface area contributed by atoms with Gasteiger partial charge < -0.3 is 10.5 Å². The molecule has 2 atom stereocenters. The van der Waals surface area contributed by atoms with Gasteiger partial charge in [0, 0.05) is 6.04 Å². The van der Waals surface area contributed by atoms with Crippen molar-refractivity contribution in [1.29, 1.82) is 0 Å². The molecule has 3 heteroatoms. The summed E-state index contributed by atoms with van der Waals surface area (Å²) in [4.78, 5) is 11.2. The summed E-state index contributed by atoms with van der Waals surface area (Å²) in [5.74, 6) is -0.349. The number of methoxy groups -OCH3 is 1. The van der Waals surface area contributed by atoms with E-state index >= 15 is 0 Å². The Labute approximate surface area is 78.3 Å². The zero-order chi connectivity index (χ0) is 9.84. The highest BCUT2D eigenvalue weighted by Crippen LogP contribution is 2.21. The molecular formula is C10H15NO2. The first-order valence-corrected chi connectivity index (χ1v) is 4.36. The summed E-state index contributed by atoms with van der Waals surface area (Å²) in [7, 11) is 1.40. The van der Waals surface area contributed by atoms with Crippen LogP contribution in [0.25, 0.3) is 0 Å². The number of allylic oxidation sites excluding steroid dienone is 2. The van der Waals surface area contributed by atoms with Crippen LogP contribution >= 0.6 is 0 Å². The standard InChI is InChI=1S/C10H15NO2/c1-7(11)8-4-3-5-9(6-8)10(12)13-2/h3-5,7,9H,6,11H2,1-2H3. The second-order valence-corrected chi connectivity index (χ2v) is 3.25. The van der Waals surface area contributed by atoms with Gasteiger partial charge in [0.2, 0.25) is 0 Å². The normalized spacial score (nSPS) is 23.6. The Morgan fingerprint density at radius 3 is 3.00 bits per heavy atom. The van der Waals surface area contributed by atoms with Gasteiger partial charge in [-0.15, -0.1) is 0 Å². The van der Waals surface area contributed by atoms with Gasteiger partial charge in [-0.2, -0.15) is 0 Å². The molecule has 1 rings (SSSR count). The fourth-order valence-electron chi connectivity index (χ4n) is 1.35. The number of hydrogen-bond donors (Lipinski definition) is 1. The molecule has 0 saturated heterocycles. The third-order valence-electron chi connectivity index (χ3n) is 2.20. The highest BCUT2D eigenvalue weighted by atomic mass is 16.5. The van der Waals surface area contributed by atoms with Gasteiger partial charge in [-0.3, -0.25) is 4.79 Å². The number of nitrogens with two attached hydrogens (primary N) is 1. The summed E-state index contributed by atoms with van der Waals surface area (Å²) < 4.78 is 4.66. The van der Waals surface area contributed by atoms with E-state index in [4.69, 9.17) is 5.73 Å². The van der Waals surface area contributed by atoms with Crippen molar-refractivity contribution in [2.75, 3.05) is 7.11 Å². The van der Waals surface area contributed by atoms with Crippen LogP contribution < -0.4 is 5.73 Å². The summed E-state index contributed by atoms with van der Waals surface area (Å²) in [6.07, 6.45) is 6.35. The first-order chi connectivity index (χ1) is 6.15. The lowest BCUT2D eigenvalue weighted by Gasteiger charge is -2.18. The molecule has 0 radical (unpaired) electrons. The molecule has 0 saturated carbocycles. The van der Waals surface area contributed by atoms with Gasteiger partial charge in [-0.25, -0.2) is 0 Å². The zero-order valence-corrected chi connectivity index (χ0v) is 7.99. The molecular weight excluding hydrogens is 166 g/mol. The van der Waals surface area contributed by atoms with E-state index in [-0.39, 0.29) is 17.9 Å². The summed E-state index contributed by atoms with van der Waals surface area (Å²) >= 11 is 0. The van der Waals surface area contributed by atoms with Crippen molar-refractivity contribution in [3.63, 3.8) is 0 Å². The van der Waals surface area contributed by atoms with E-state index in [2.05, 4.69) is 4.74 Å². The maximum atomic E-state index is 11.2. The van der Waals surface area contributed by atoms with Crippen LogP contribution in [-0.4, -0.2) is 19.1 Å². The van der Waals surface area contributed by atoms with Crippen LogP contribution in [0.4, 0.5) is 0 Å². The third-order valence-corrected chi connectivity index (χ3v) is 2.20. The Morgan fingerprint density at radius 1 is 1.77 bits per heavy atom. The van der Waals surface area contributed by atoms with E-state index in [9.17, 15) is 4.79 Å². The highest BCUT2D eigenvalue weighted by molar-refractivity contribution is 5.75. The molecule has 2 unspecified atom stereocenters. The number of carbonyl (C=O) groups excluding carboxylic acids is 1. The van der Waals surface area contributed by atoms with Gasteiger partial charge in [-0.05, 0) is 13.3 Å². The maximum Gasteiger partial charge on any atom is 0.312 e. The third kappa shape index (κ3) is 2.42. The molecule has 3 nitrogen and oxygen atoms in total. The first kappa shape index (κ1) is 9.99. The lowest BCUT2D eigenvalue weighted by atomic mass is 9.91. The van der Waals surface area contributed by atoms with Gasteiger partial charge >= 0.3 is 5.97 Å². The molecule has 0 fully saturated rings. The van der Waals surface area contributed by atoms with Crippen molar-refractivity contribution in [3.05, 3.63) is 23.8 Å². The van der Waals surface area contributed by atoms with E-state index in [1.807, 2.05) is 25.2 Å². The molecule has 0 aromatic heterocycles. The summed E-state index contributed by atoms with van der Waals surface area (Å²) in [5, 5.41) is 0. The number of hydrogen-bond acceptors (Lipinski definition) is 3. The van der Waals surface area contributed by atoms with Crippen LogP contribution in [0, 0.1) is 5.92 Å². The molecule has 0 aromatic rings. The van der Waals surface area contributed by atoms with E-state index < -0.39 is 0 Å². The molecule has 13 heavy (non-hydrogen) atoms. The second kappa shape index (κ2) is 4.23. The molecule has 0 bridgehead atoms. The minimum absolute atomic E-state index is 0.0112. The van der Waals surface area contributed by atoms with Gasteiger partial charge in [0.1, 0.15) is 0 Å². The van der Waals surface area contributed by atoms with Gasteiger partial charge in [0.05, 0.1) is 13.0 Å². The van der Waals surface area contributed by atoms with Gasteiger partial charge in [0.25, 0.3) is 0 Å². The van der Waals surface area contributed by atoms with Crippen LogP contribution in [-0.2, 0) is 9.53 Å². The number of rotatable bonds is 2. The minimum Gasteiger partial charge on any atom is -0.469 e. The minimum atomic E-state index is -0.192. The summed E-state index contributed by atoms with van der Waals surface area (Å²) in [6.45, 7) is 1.92.